The van der Waals surface area contributed by atoms with Gasteiger partial charge in [0.05, 0.1) is 24.3 Å². The van der Waals surface area contributed by atoms with E-state index >= 15 is 0 Å². The number of benzene rings is 1. The molecule has 1 heterocycles. The van der Waals surface area contributed by atoms with Gasteiger partial charge in [0.15, 0.2) is 0 Å². The van der Waals surface area contributed by atoms with Crippen LogP contribution < -0.4 is 5.32 Å². The maximum Gasteiger partial charge on any atom is 0.317 e. The number of carbonyl (C=O) groups excluding carboxylic acids is 2. The number of rotatable bonds is 7. The van der Waals surface area contributed by atoms with Crippen LogP contribution in [0, 0.1) is 0 Å². The van der Waals surface area contributed by atoms with Crippen molar-refractivity contribution in [3.8, 4) is 5.69 Å². The van der Waals surface area contributed by atoms with Crippen molar-refractivity contribution in [3.63, 3.8) is 0 Å². The van der Waals surface area contributed by atoms with Gasteiger partial charge in [-0.2, -0.15) is 5.10 Å². The lowest BCUT2D eigenvalue weighted by molar-refractivity contribution is -0.147. The van der Waals surface area contributed by atoms with Crippen molar-refractivity contribution in [1.82, 2.24) is 25.0 Å². The number of urea groups is 1. The zero-order valence-electron chi connectivity index (χ0n) is 15.5. The smallest absolute Gasteiger partial charge is 0.317 e. The average Bonchev–Trinajstić information content (AvgIpc) is 3.14. The third kappa shape index (κ3) is 5.30. The van der Waals surface area contributed by atoms with Crippen molar-refractivity contribution in [2.24, 2.45) is 0 Å². The lowest BCUT2D eigenvalue weighted by Crippen LogP contribution is -2.39. The molecule has 2 aromatic rings. The van der Waals surface area contributed by atoms with Gasteiger partial charge in [-0.15, -0.1) is 0 Å². The summed E-state index contributed by atoms with van der Waals surface area (Å²) >= 11 is 0. The maximum atomic E-state index is 12.3. The molecule has 2 rings (SSSR count). The molecule has 0 aliphatic rings. The topological polar surface area (TPSA) is 89.4 Å². The van der Waals surface area contributed by atoms with E-state index in [0.717, 1.165) is 11.3 Å². The van der Waals surface area contributed by atoms with E-state index in [1.165, 1.54) is 6.33 Å². The second-order valence-corrected chi connectivity index (χ2v) is 6.24. The summed E-state index contributed by atoms with van der Waals surface area (Å²) in [7, 11) is 1.72. The number of nitrogens with zero attached hydrogens (tertiary/aromatic N) is 4. The van der Waals surface area contributed by atoms with E-state index < -0.39 is 0 Å². The van der Waals surface area contributed by atoms with E-state index in [1.807, 2.05) is 31.2 Å². The third-order valence-electron chi connectivity index (χ3n) is 3.93. The molecule has 8 nitrogen and oxygen atoms in total. The van der Waals surface area contributed by atoms with Gasteiger partial charge in [-0.1, -0.05) is 12.1 Å². The number of aromatic nitrogens is 3. The van der Waals surface area contributed by atoms with Crippen LogP contribution in [0.4, 0.5) is 4.79 Å². The van der Waals surface area contributed by atoms with Gasteiger partial charge < -0.3 is 15.0 Å². The van der Waals surface area contributed by atoms with Gasteiger partial charge in [-0.25, -0.2) is 14.5 Å². The average molecular weight is 359 g/mol. The van der Waals surface area contributed by atoms with Gasteiger partial charge in [0.1, 0.15) is 12.7 Å². The number of carbonyl (C=O) groups is 2. The number of hydrogen-bond acceptors (Lipinski definition) is 5. The van der Waals surface area contributed by atoms with Crippen molar-refractivity contribution >= 4 is 12.0 Å². The molecule has 8 heteroatoms. The van der Waals surface area contributed by atoms with Crippen LogP contribution in [-0.4, -0.2) is 51.4 Å². The normalized spacial score (nSPS) is 11.9. The Hall–Kier alpha value is -2.90. The number of hydrogen-bond donors (Lipinski definition) is 1. The Morgan fingerprint density at radius 2 is 1.92 bits per heavy atom. The molecule has 1 aromatic carbocycles. The molecule has 0 saturated heterocycles. The van der Waals surface area contributed by atoms with Crippen molar-refractivity contribution in [2.45, 2.75) is 39.3 Å². The summed E-state index contributed by atoms with van der Waals surface area (Å²) in [6, 6.07) is 7.39. The van der Waals surface area contributed by atoms with Crippen LogP contribution in [0.1, 0.15) is 38.8 Å². The van der Waals surface area contributed by atoms with Crippen molar-refractivity contribution < 1.29 is 14.3 Å². The second-order valence-electron chi connectivity index (χ2n) is 6.24. The first-order valence-corrected chi connectivity index (χ1v) is 8.53. The number of ether oxygens (including phenoxy) is 1. The second kappa shape index (κ2) is 8.98. The van der Waals surface area contributed by atoms with Crippen molar-refractivity contribution in [3.05, 3.63) is 42.5 Å². The summed E-state index contributed by atoms with van der Waals surface area (Å²) in [5, 5.41) is 6.82. The number of amides is 2. The number of nitrogens with one attached hydrogen (secondary N) is 1. The van der Waals surface area contributed by atoms with E-state index in [2.05, 4.69) is 15.4 Å². The quantitative estimate of drug-likeness (QED) is 0.766. The van der Waals surface area contributed by atoms with Crippen molar-refractivity contribution in [1.29, 1.82) is 0 Å². The Labute approximate surface area is 153 Å². The molecule has 1 N–H and O–H groups in total. The molecule has 0 fully saturated rings. The van der Waals surface area contributed by atoms with E-state index in [0.29, 0.717) is 0 Å². The largest absolute Gasteiger partial charge is 0.463 e. The molecular weight excluding hydrogens is 334 g/mol. The first-order chi connectivity index (χ1) is 12.4. The van der Waals surface area contributed by atoms with Crippen LogP contribution in [0.3, 0.4) is 0 Å². The molecule has 26 heavy (non-hydrogen) atoms. The van der Waals surface area contributed by atoms with Gasteiger partial charge in [0.2, 0.25) is 0 Å². The van der Waals surface area contributed by atoms with Gasteiger partial charge >= 0.3 is 12.0 Å². The molecule has 1 aromatic heterocycles. The molecule has 2 amide bonds. The summed E-state index contributed by atoms with van der Waals surface area (Å²) in [4.78, 5) is 29.3. The molecule has 0 aliphatic carbocycles. The molecule has 1 atom stereocenters. The zero-order chi connectivity index (χ0) is 19.1. The monoisotopic (exact) mass is 359 g/mol. The van der Waals surface area contributed by atoms with Gasteiger partial charge in [-0.3, -0.25) is 4.79 Å². The Bertz CT molecular complexity index is 713. The van der Waals surface area contributed by atoms with Crippen molar-refractivity contribution in [2.75, 3.05) is 13.6 Å². The molecule has 0 aliphatic heterocycles. The predicted octanol–water partition coefficient (Wildman–Crippen LogP) is 2.31. The fourth-order valence-corrected chi connectivity index (χ4v) is 2.36. The summed E-state index contributed by atoms with van der Waals surface area (Å²) in [6.45, 7) is 5.77. The molecule has 1 unspecified atom stereocenters. The molecule has 0 saturated carbocycles. The summed E-state index contributed by atoms with van der Waals surface area (Å²) < 4.78 is 6.70. The lowest BCUT2D eigenvalue weighted by atomic mass is 10.1. The third-order valence-corrected chi connectivity index (χ3v) is 3.93. The summed E-state index contributed by atoms with van der Waals surface area (Å²) in [5.74, 6) is -0.320. The number of esters is 1. The Morgan fingerprint density at radius 3 is 2.50 bits per heavy atom. The Kier molecular flexibility index (Phi) is 6.71. The van der Waals surface area contributed by atoms with Crippen LogP contribution in [0.2, 0.25) is 0 Å². The van der Waals surface area contributed by atoms with Gasteiger partial charge in [0, 0.05) is 13.6 Å². The molecule has 0 spiro atoms. The predicted molar refractivity (Wildman–Crippen MR) is 96.8 cm³/mol. The highest BCUT2D eigenvalue weighted by Gasteiger charge is 2.17. The standard InChI is InChI=1S/C18H25N5O3/c1-13(2)26-17(24)9-10-20-18(25)22(4)14(3)15-5-7-16(8-6-15)23-12-19-11-21-23/h5-8,11-14H,9-10H2,1-4H3,(H,20,25). The van der Waals surface area contributed by atoms with E-state index in [-0.39, 0.29) is 37.1 Å². The minimum atomic E-state index is -0.320. The fraction of sp³-hybridized carbons (Fsp3) is 0.444. The summed E-state index contributed by atoms with van der Waals surface area (Å²) in [5.41, 5.74) is 1.89. The zero-order valence-corrected chi connectivity index (χ0v) is 15.5. The minimum Gasteiger partial charge on any atom is -0.463 e. The Balaban J connectivity index is 1.86. The highest BCUT2D eigenvalue weighted by molar-refractivity contribution is 5.75. The van der Waals surface area contributed by atoms with E-state index in [1.54, 1.807) is 36.8 Å². The van der Waals surface area contributed by atoms with E-state index in [9.17, 15) is 9.59 Å². The van der Waals surface area contributed by atoms with Crippen LogP contribution >= 0.6 is 0 Å². The SMILES string of the molecule is CC(C)OC(=O)CCNC(=O)N(C)C(C)c1ccc(-n2cncn2)cc1. The Morgan fingerprint density at radius 1 is 1.23 bits per heavy atom. The van der Waals surface area contributed by atoms with E-state index in [4.69, 9.17) is 4.74 Å². The molecule has 0 radical (unpaired) electrons. The van der Waals surface area contributed by atoms with Crippen LogP contribution in [-0.2, 0) is 9.53 Å². The first-order valence-electron chi connectivity index (χ1n) is 8.53. The van der Waals surface area contributed by atoms with Crippen LogP contribution in [0.25, 0.3) is 5.69 Å². The lowest BCUT2D eigenvalue weighted by Gasteiger charge is -2.25. The van der Waals surface area contributed by atoms with Gasteiger partial charge in [-0.05, 0) is 38.5 Å². The molecule has 0 bridgehead atoms. The highest BCUT2D eigenvalue weighted by Crippen LogP contribution is 2.20. The van der Waals surface area contributed by atoms with Crippen LogP contribution in [0.15, 0.2) is 36.9 Å². The van der Waals surface area contributed by atoms with Gasteiger partial charge in [0.25, 0.3) is 0 Å². The molecular formula is C18H25N5O3. The highest BCUT2D eigenvalue weighted by atomic mass is 16.5. The maximum absolute atomic E-state index is 12.3. The fourth-order valence-electron chi connectivity index (χ4n) is 2.36. The minimum absolute atomic E-state index is 0.123. The summed E-state index contributed by atoms with van der Waals surface area (Å²) in [6.07, 6.45) is 3.11. The first kappa shape index (κ1) is 19.4. The molecule has 140 valence electrons. The van der Waals surface area contributed by atoms with Crippen LogP contribution in [0.5, 0.6) is 0 Å².